The van der Waals surface area contributed by atoms with Crippen molar-refractivity contribution in [2.75, 3.05) is 19.0 Å². The van der Waals surface area contributed by atoms with Gasteiger partial charge in [-0.05, 0) is 30.5 Å². The van der Waals surface area contributed by atoms with Crippen LogP contribution < -0.4 is 26.0 Å². The van der Waals surface area contributed by atoms with E-state index in [1.807, 2.05) is 37.3 Å². The molecule has 1 aromatic heterocycles. The number of amides is 3. The number of nitrogens with zero attached hydrogens (tertiary/aromatic N) is 2. The van der Waals surface area contributed by atoms with E-state index < -0.39 is 6.29 Å². The summed E-state index contributed by atoms with van der Waals surface area (Å²) < 4.78 is 6.81. The van der Waals surface area contributed by atoms with E-state index in [1.54, 1.807) is 11.8 Å². The number of nitrogens with one attached hydrogen (secondary N) is 4. The highest BCUT2D eigenvalue weighted by atomic mass is 16.5. The van der Waals surface area contributed by atoms with Crippen molar-refractivity contribution in [2.45, 2.75) is 64.7 Å². The molecule has 1 aliphatic heterocycles. The monoisotopic (exact) mass is 442 g/mol. The number of carbonyl (C=O) groups is 2. The fourth-order valence-corrected chi connectivity index (χ4v) is 3.48. The second kappa shape index (κ2) is 10.0. The first-order chi connectivity index (χ1) is 15.2. The molecule has 9 heteroatoms. The summed E-state index contributed by atoms with van der Waals surface area (Å²) in [5.74, 6) is 1.28. The van der Waals surface area contributed by atoms with E-state index >= 15 is 0 Å². The Balaban J connectivity index is 1.67. The topological polar surface area (TPSA) is 109 Å². The Hall–Kier alpha value is -3.07. The minimum Gasteiger partial charge on any atom is -0.497 e. The fraction of sp³-hybridized carbons (Fsp3) is 0.522. The van der Waals surface area contributed by atoms with Crippen LogP contribution in [0, 0.1) is 0 Å². The van der Waals surface area contributed by atoms with Gasteiger partial charge < -0.3 is 15.4 Å². The van der Waals surface area contributed by atoms with Crippen molar-refractivity contribution in [3.63, 3.8) is 0 Å². The van der Waals surface area contributed by atoms with Crippen LogP contribution in [-0.2, 0) is 16.6 Å². The summed E-state index contributed by atoms with van der Waals surface area (Å²) in [5, 5.41) is 16.8. The largest absolute Gasteiger partial charge is 0.497 e. The van der Waals surface area contributed by atoms with Gasteiger partial charge in [0.05, 0.1) is 12.8 Å². The molecule has 4 N–H and O–H groups in total. The van der Waals surface area contributed by atoms with Crippen LogP contribution in [0.3, 0.4) is 0 Å². The molecule has 3 amide bonds. The Kier molecular flexibility index (Phi) is 7.40. The van der Waals surface area contributed by atoms with E-state index in [0.29, 0.717) is 25.2 Å². The van der Waals surface area contributed by atoms with Crippen molar-refractivity contribution in [3.8, 4) is 5.75 Å². The third-order valence-electron chi connectivity index (χ3n) is 5.46. The van der Waals surface area contributed by atoms with Crippen molar-refractivity contribution < 1.29 is 14.3 Å². The van der Waals surface area contributed by atoms with Crippen LogP contribution in [0.4, 0.5) is 10.6 Å². The van der Waals surface area contributed by atoms with Crippen LogP contribution in [0.2, 0.25) is 0 Å². The number of hydrogen-bond acceptors (Lipinski definition) is 5. The van der Waals surface area contributed by atoms with Gasteiger partial charge in [-0.25, -0.2) is 9.48 Å². The van der Waals surface area contributed by atoms with Crippen molar-refractivity contribution in [1.82, 2.24) is 25.7 Å². The number of rotatable bonds is 7. The van der Waals surface area contributed by atoms with Crippen molar-refractivity contribution in [3.05, 3.63) is 41.6 Å². The van der Waals surface area contributed by atoms with Gasteiger partial charge in [-0.1, -0.05) is 39.8 Å². The number of anilines is 1. The summed E-state index contributed by atoms with van der Waals surface area (Å²) in [6.07, 6.45) is 1.43. The zero-order chi connectivity index (χ0) is 23.3. The molecule has 3 rings (SSSR count). The van der Waals surface area contributed by atoms with Gasteiger partial charge in [0.1, 0.15) is 11.6 Å². The van der Waals surface area contributed by atoms with E-state index in [-0.39, 0.29) is 23.4 Å². The van der Waals surface area contributed by atoms with Crippen LogP contribution in [0.15, 0.2) is 30.3 Å². The minimum absolute atomic E-state index is 0.0386. The Morgan fingerprint density at radius 2 is 2.00 bits per heavy atom. The van der Waals surface area contributed by atoms with Gasteiger partial charge in [0.15, 0.2) is 6.29 Å². The molecule has 2 unspecified atom stereocenters. The molecule has 174 valence electrons. The first-order valence-corrected chi connectivity index (χ1v) is 11.0. The van der Waals surface area contributed by atoms with Crippen molar-refractivity contribution >= 4 is 17.8 Å². The summed E-state index contributed by atoms with van der Waals surface area (Å²) in [6, 6.07) is 9.34. The molecule has 2 aromatic rings. The zero-order valence-electron chi connectivity index (χ0n) is 19.5. The molecule has 0 saturated carbocycles. The molecule has 1 saturated heterocycles. The number of urea groups is 1. The number of benzene rings is 1. The molecule has 1 fully saturated rings. The summed E-state index contributed by atoms with van der Waals surface area (Å²) in [6.45, 7) is 8.68. The van der Waals surface area contributed by atoms with Gasteiger partial charge in [-0.2, -0.15) is 5.10 Å². The molecule has 1 aromatic carbocycles. The first kappa shape index (κ1) is 23.6. The summed E-state index contributed by atoms with van der Waals surface area (Å²) in [7, 11) is 1.63. The lowest BCUT2D eigenvalue weighted by Crippen LogP contribution is -2.53. The Morgan fingerprint density at radius 1 is 1.28 bits per heavy atom. The third-order valence-corrected chi connectivity index (χ3v) is 5.46. The molecule has 2 atom stereocenters. The highest BCUT2D eigenvalue weighted by Crippen LogP contribution is 2.26. The van der Waals surface area contributed by atoms with Gasteiger partial charge in [0.25, 0.3) is 0 Å². The molecule has 0 radical (unpaired) electrons. The Labute approximate surface area is 189 Å². The highest BCUT2D eigenvalue weighted by molar-refractivity contribution is 5.88. The molecule has 2 heterocycles. The van der Waals surface area contributed by atoms with Gasteiger partial charge >= 0.3 is 6.03 Å². The molecule has 0 spiro atoms. The number of ether oxygens (including phenoxy) is 1. The van der Waals surface area contributed by atoms with Crippen molar-refractivity contribution in [1.29, 1.82) is 0 Å². The second-order valence-corrected chi connectivity index (χ2v) is 9.03. The zero-order valence-corrected chi connectivity index (χ0v) is 19.5. The fourth-order valence-electron chi connectivity index (χ4n) is 3.48. The molecule has 0 aliphatic carbocycles. The van der Waals surface area contributed by atoms with Gasteiger partial charge in [0, 0.05) is 30.5 Å². The number of carbonyl (C=O) groups excluding carboxylic acids is 2. The summed E-state index contributed by atoms with van der Waals surface area (Å²) >= 11 is 0. The second-order valence-electron chi connectivity index (χ2n) is 9.03. The summed E-state index contributed by atoms with van der Waals surface area (Å²) in [5.41, 5.74) is 1.71. The number of hydrogen-bond donors (Lipinski definition) is 4. The molecule has 1 aliphatic rings. The van der Waals surface area contributed by atoms with E-state index in [1.165, 1.54) is 0 Å². The lowest BCUT2D eigenvalue weighted by atomic mass is 9.92. The Bertz CT molecular complexity index is 932. The van der Waals surface area contributed by atoms with Gasteiger partial charge in [0.2, 0.25) is 5.91 Å². The average molecular weight is 443 g/mol. The molecular weight excluding hydrogens is 408 g/mol. The highest BCUT2D eigenvalue weighted by Gasteiger charge is 2.30. The number of aromatic nitrogens is 2. The Morgan fingerprint density at radius 3 is 2.62 bits per heavy atom. The quantitative estimate of drug-likeness (QED) is 0.527. The standard InChI is InChI=1S/C23H34N6O3/c1-6-16-13-20(30)27-21(25-16)29-19(14-18(28-29)23(2,3)4)26-22(31)24-12-11-15-7-9-17(32-5)10-8-15/h7-10,14,16,21,25H,6,11-13H2,1-5H3,(H,27,30)(H2,24,26,31). The van der Waals surface area contributed by atoms with Crippen LogP contribution in [0.25, 0.3) is 0 Å². The SMILES string of the molecule is CCC1CC(=O)NC(n2nc(C(C)(C)C)cc2NC(=O)NCCc2ccc(OC)cc2)N1. The predicted molar refractivity (Wildman–Crippen MR) is 124 cm³/mol. The van der Waals surface area contributed by atoms with E-state index in [4.69, 9.17) is 9.84 Å². The molecule has 32 heavy (non-hydrogen) atoms. The van der Waals surface area contributed by atoms with E-state index in [9.17, 15) is 9.59 Å². The van der Waals surface area contributed by atoms with Crippen LogP contribution in [0.5, 0.6) is 5.75 Å². The van der Waals surface area contributed by atoms with Gasteiger partial charge in [-0.3, -0.25) is 15.4 Å². The van der Waals surface area contributed by atoms with Crippen LogP contribution in [0.1, 0.15) is 58.1 Å². The summed E-state index contributed by atoms with van der Waals surface area (Å²) in [4.78, 5) is 24.8. The third kappa shape index (κ3) is 6.00. The lowest BCUT2D eigenvalue weighted by Gasteiger charge is -2.32. The average Bonchev–Trinajstić information content (AvgIpc) is 3.18. The first-order valence-electron chi connectivity index (χ1n) is 11.0. The minimum atomic E-state index is -0.521. The maximum atomic E-state index is 12.6. The maximum absolute atomic E-state index is 12.6. The lowest BCUT2D eigenvalue weighted by molar-refractivity contribution is -0.125. The smallest absolute Gasteiger partial charge is 0.320 e. The molecule has 9 nitrogen and oxygen atoms in total. The predicted octanol–water partition coefficient (Wildman–Crippen LogP) is 2.90. The van der Waals surface area contributed by atoms with Crippen LogP contribution >= 0.6 is 0 Å². The van der Waals surface area contributed by atoms with Crippen LogP contribution in [-0.4, -0.2) is 41.4 Å². The number of methoxy groups -OCH3 is 1. The van der Waals surface area contributed by atoms with Crippen molar-refractivity contribution in [2.24, 2.45) is 0 Å². The maximum Gasteiger partial charge on any atom is 0.320 e. The molecule has 0 bridgehead atoms. The molecular formula is C23H34N6O3. The van der Waals surface area contributed by atoms with Gasteiger partial charge in [-0.15, -0.1) is 0 Å². The van der Waals surface area contributed by atoms with E-state index in [2.05, 4.69) is 42.0 Å². The van der Waals surface area contributed by atoms with E-state index in [0.717, 1.165) is 23.4 Å². The normalized spacial score (nSPS) is 18.7.